The lowest BCUT2D eigenvalue weighted by atomic mass is 10.0. The third-order valence-electron chi connectivity index (χ3n) is 5.67. The van der Waals surface area contributed by atoms with Crippen molar-refractivity contribution in [2.75, 3.05) is 13.7 Å². The molecule has 0 heterocycles. The van der Waals surface area contributed by atoms with E-state index in [4.69, 9.17) is 9.47 Å². The zero-order chi connectivity index (χ0) is 26.5. The Bertz CT molecular complexity index is 1320. The zero-order valence-electron chi connectivity index (χ0n) is 20.0. The average Bonchev–Trinajstić information content (AvgIpc) is 2.84. The second-order valence-electron chi connectivity index (χ2n) is 8.18. The van der Waals surface area contributed by atoms with Crippen molar-refractivity contribution in [1.82, 2.24) is 4.72 Å². The van der Waals surface area contributed by atoms with Gasteiger partial charge in [0.15, 0.2) is 0 Å². The fourth-order valence-electron chi connectivity index (χ4n) is 3.43. The summed E-state index contributed by atoms with van der Waals surface area (Å²) in [6.07, 6.45) is -3.97. The number of nitrogens with one attached hydrogen (secondary N) is 1. The monoisotopic (exact) mass is 521 g/mol. The minimum absolute atomic E-state index is 0.0157. The summed E-state index contributed by atoms with van der Waals surface area (Å²) in [7, 11) is -2.61. The summed E-state index contributed by atoms with van der Waals surface area (Å²) in [5.74, 6) is -0.0713. The molecule has 0 saturated heterocycles. The van der Waals surface area contributed by atoms with Gasteiger partial charge in [-0.05, 0) is 78.9 Å². The number of carbonyl (C=O) groups is 1. The highest BCUT2D eigenvalue weighted by atomic mass is 32.2. The van der Waals surface area contributed by atoms with Gasteiger partial charge in [0.05, 0.1) is 23.1 Å². The van der Waals surface area contributed by atoms with Crippen molar-refractivity contribution in [3.8, 4) is 5.75 Å². The Morgan fingerprint density at radius 2 is 1.56 bits per heavy atom. The van der Waals surface area contributed by atoms with Crippen molar-refractivity contribution >= 4 is 16.0 Å². The summed E-state index contributed by atoms with van der Waals surface area (Å²) in [5, 5.41) is 0. The van der Waals surface area contributed by atoms with Crippen LogP contribution in [0.1, 0.15) is 38.2 Å². The zero-order valence-corrected chi connectivity index (χ0v) is 20.8. The summed E-state index contributed by atoms with van der Waals surface area (Å²) >= 11 is 0. The molecule has 0 spiro atoms. The maximum atomic E-state index is 12.8. The van der Waals surface area contributed by atoms with Crippen molar-refractivity contribution in [2.24, 2.45) is 0 Å². The molecule has 0 aromatic heterocycles. The van der Waals surface area contributed by atoms with Crippen LogP contribution in [0.25, 0.3) is 0 Å². The number of aryl methyl sites for hydroxylation is 1. The van der Waals surface area contributed by atoms with Gasteiger partial charge < -0.3 is 9.47 Å². The van der Waals surface area contributed by atoms with Crippen LogP contribution in [0, 0.1) is 13.8 Å². The molecule has 192 valence electrons. The van der Waals surface area contributed by atoms with Crippen LogP contribution in [0.3, 0.4) is 0 Å². The molecule has 3 rings (SSSR count). The van der Waals surface area contributed by atoms with Gasteiger partial charge in [0.2, 0.25) is 10.0 Å². The first kappa shape index (κ1) is 27.2. The molecule has 0 saturated carbocycles. The Morgan fingerprint density at radius 3 is 2.14 bits per heavy atom. The van der Waals surface area contributed by atoms with Crippen LogP contribution in [0.15, 0.2) is 65.6 Å². The van der Waals surface area contributed by atoms with Gasteiger partial charge >= 0.3 is 12.1 Å². The largest absolute Gasteiger partial charge is 0.489 e. The molecule has 0 aliphatic heterocycles. The smallest absolute Gasteiger partial charge is 0.416 e. The fourth-order valence-corrected chi connectivity index (χ4v) is 4.57. The van der Waals surface area contributed by atoms with Gasteiger partial charge in [-0.3, -0.25) is 0 Å². The van der Waals surface area contributed by atoms with Crippen molar-refractivity contribution in [3.63, 3.8) is 0 Å². The average molecular weight is 522 g/mol. The molecular weight excluding hydrogens is 495 g/mol. The maximum absolute atomic E-state index is 12.8. The van der Waals surface area contributed by atoms with Gasteiger partial charge in [0.1, 0.15) is 12.4 Å². The van der Waals surface area contributed by atoms with E-state index in [-0.39, 0.29) is 23.6 Å². The Morgan fingerprint density at radius 1 is 0.944 bits per heavy atom. The molecule has 0 atom stereocenters. The molecular formula is C26H26F3NO5S. The van der Waals surface area contributed by atoms with Crippen LogP contribution in [-0.2, 0) is 34.0 Å². The van der Waals surface area contributed by atoms with Crippen LogP contribution >= 0.6 is 0 Å². The van der Waals surface area contributed by atoms with Crippen LogP contribution in [0.4, 0.5) is 13.2 Å². The molecule has 0 aliphatic carbocycles. The Labute approximate surface area is 208 Å². The van der Waals surface area contributed by atoms with Crippen LogP contribution in [0.5, 0.6) is 5.75 Å². The van der Waals surface area contributed by atoms with Crippen molar-refractivity contribution < 1.29 is 35.9 Å². The molecule has 0 unspecified atom stereocenters. The number of methoxy groups -OCH3 is 1. The minimum atomic E-state index is -4.38. The molecule has 1 N–H and O–H groups in total. The molecule has 0 radical (unpaired) electrons. The molecule has 10 heteroatoms. The third-order valence-corrected chi connectivity index (χ3v) is 7.11. The fraction of sp³-hybridized carbons (Fsp3) is 0.269. The molecule has 3 aromatic rings. The Balaban J connectivity index is 1.55. The van der Waals surface area contributed by atoms with E-state index < -0.39 is 27.7 Å². The standard InChI is InChI=1S/C26H26F3NO5S/c1-17-14-23(15-24(18(17)2)25(31)34-3)36(32,33)30-13-12-19-6-10-22(11-7-19)35-16-20-4-8-21(9-5-20)26(27,28)29/h4-11,14-15,30H,12-13,16H2,1-3H3. The number of benzene rings is 3. The van der Waals surface area contributed by atoms with Crippen LogP contribution < -0.4 is 9.46 Å². The lowest BCUT2D eigenvalue weighted by molar-refractivity contribution is -0.137. The number of hydrogen-bond donors (Lipinski definition) is 1. The highest BCUT2D eigenvalue weighted by Crippen LogP contribution is 2.29. The first-order valence-corrected chi connectivity index (χ1v) is 12.5. The number of rotatable bonds is 9. The minimum Gasteiger partial charge on any atom is -0.489 e. The predicted molar refractivity (Wildman–Crippen MR) is 128 cm³/mol. The molecule has 36 heavy (non-hydrogen) atoms. The van der Waals surface area contributed by atoms with E-state index in [0.717, 1.165) is 17.7 Å². The second-order valence-corrected chi connectivity index (χ2v) is 9.95. The first-order chi connectivity index (χ1) is 16.9. The number of esters is 1. The molecule has 6 nitrogen and oxygen atoms in total. The van der Waals surface area contributed by atoms with Crippen molar-refractivity contribution in [1.29, 1.82) is 0 Å². The quantitative estimate of drug-likeness (QED) is 0.391. The van der Waals surface area contributed by atoms with Gasteiger partial charge in [-0.15, -0.1) is 0 Å². The number of hydrogen-bond acceptors (Lipinski definition) is 5. The first-order valence-electron chi connectivity index (χ1n) is 11.0. The second kappa shape index (κ2) is 11.1. The number of ether oxygens (including phenoxy) is 2. The molecule has 0 amide bonds. The highest BCUT2D eigenvalue weighted by molar-refractivity contribution is 7.89. The normalized spacial score (nSPS) is 11.8. The van der Waals surface area contributed by atoms with E-state index in [9.17, 15) is 26.4 Å². The van der Waals surface area contributed by atoms with Crippen molar-refractivity contribution in [2.45, 2.75) is 37.9 Å². The summed E-state index contributed by atoms with van der Waals surface area (Å²) in [6, 6.07) is 14.5. The SMILES string of the molecule is COC(=O)c1cc(S(=O)(=O)NCCc2ccc(OCc3ccc(C(F)(F)F)cc3)cc2)cc(C)c1C. The Kier molecular flexibility index (Phi) is 8.42. The molecule has 0 bridgehead atoms. The summed E-state index contributed by atoms with van der Waals surface area (Å²) in [4.78, 5) is 12.0. The van der Waals surface area contributed by atoms with Crippen LogP contribution in [0.2, 0.25) is 0 Å². The van der Waals surface area contributed by atoms with E-state index in [2.05, 4.69) is 4.72 Å². The predicted octanol–water partition coefficient (Wildman–Crippen LogP) is 5.21. The summed E-state index contributed by atoms with van der Waals surface area (Å²) < 4.78 is 76.4. The van der Waals surface area contributed by atoms with E-state index in [0.29, 0.717) is 28.9 Å². The van der Waals surface area contributed by atoms with E-state index in [1.807, 2.05) is 0 Å². The molecule has 3 aromatic carbocycles. The van der Waals surface area contributed by atoms with Gasteiger partial charge in [0.25, 0.3) is 0 Å². The third kappa shape index (κ3) is 6.86. The lowest BCUT2D eigenvalue weighted by Crippen LogP contribution is -2.26. The number of alkyl halides is 3. The van der Waals surface area contributed by atoms with Crippen LogP contribution in [-0.4, -0.2) is 28.0 Å². The van der Waals surface area contributed by atoms with Gasteiger partial charge in [-0.1, -0.05) is 24.3 Å². The molecule has 0 aliphatic rings. The maximum Gasteiger partial charge on any atom is 0.416 e. The highest BCUT2D eigenvalue weighted by Gasteiger charge is 2.29. The Hall–Kier alpha value is -3.37. The van der Waals surface area contributed by atoms with Crippen molar-refractivity contribution in [3.05, 3.63) is 94.0 Å². The van der Waals surface area contributed by atoms with Gasteiger partial charge in [-0.25, -0.2) is 17.9 Å². The molecule has 0 fully saturated rings. The summed E-state index contributed by atoms with van der Waals surface area (Å²) in [5.41, 5.74) is 2.25. The number of sulfonamides is 1. The van der Waals surface area contributed by atoms with Gasteiger partial charge in [-0.2, -0.15) is 13.2 Å². The number of carbonyl (C=O) groups excluding carboxylic acids is 1. The van der Waals surface area contributed by atoms with Gasteiger partial charge in [0, 0.05) is 6.54 Å². The lowest BCUT2D eigenvalue weighted by Gasteiger charge is -2.12. The van der Waals surface area contributed by atoms with E-state index in [1.165, 1.54) is 31.4 Å². The topological polar surface area (TPSA) is 81.7 Å². The number of halogens is 3. The van der Waals surface area contributed by atoms with E-state index in [1.54, 1.807) is 38.1 Å². The summed E-state index contributed by atoms with van der Waals surface area (Å²) in [6.45, 7) is 3.69. The van der Waals surface area contributed by atoms with E-state index >= 15 is 0 Å².